The molecule has 2 aromatic carbocycles. The minimum atomic E-state index is -4.44. The fourth-order valence-electron chi connectivity index (χ4n) is 2.70. The molecule has 0 aliphatic carbocycles. The van der Waals surface area contributed by atoms with Gasteiger partial charge in [0, 0.05) is 10.6 Å². The van der Waals surface area contributed by atoms with Gasteiger partial charge in [-0.25, -0.2) is 9.59 Å². The molecule has 0 aliphatic rings. The van der Waals surface area contributed by atoms with Crippen molar-refractivity contribution < 1.29 is 44.5 Å². The number of ether oxygens (including phenoxy) is 2. The van der Waals surface area contributed by atoms with Crippen molar-refractivity contribution in [2.75, 3.05) is 20.0 Å². The summed E-state index contributed by atoms with van der Waals surface area (Å²) in [4.78, 5) is 24.5. The Kier molecular flexibility index (Phi) is 12.7. The Balaban J connectivity index is 2.21. The maximum atomic E-state index is 12.7. The second-order valence-corrected chi connectivity index (χ2v) is 12.8. The van der Waals surface area contributed by atoms with E-state index in [0.717, 1.165) is 43.3 Å². The van der Waals surface area contributed by atoms with Gasteiger partial charge < -0.3 is 9.47 Å². The van der Waals surface area contributed by atoms with Crippen LogP contribution in [0.15, 0.2) is 76.4 Å². The largest absolute Gasteiger partial charge is 0.464 e. The van der Waals surface area contributed by atoms with Crippen LogP contribution in [0.3, 0.4) is 0 Å². The minimum Gasteiger partial charge on any atom is -0.464 e. The van der Waals surface area contributed by atoms with Gasteiger partial charge in [0.05, 0.1) is 14.2 Å². The normalized spacial score (nSPS) is 12.4. The molecule has 216 valence electrons. The molecule has 2 rings (SSSR count). The number of benzene rings is 2. The summed E-state index contributed by atoms with van der Waals surface area (Å²) in [6.07, 6.45) is 1.47. The number of hydrogen-bond donors (Lipinski definition) is 0. The summed E-state index contributed by atoms with van der Waals surface area (Å²) in [6.45, 7) is 5.38. The molecule has 0 atom stereocenters. The van der Waals surface area contributed by atoms with Crippen LogP contribution >= 0.6 is 23.5 Å². The lowest BCUT2D eigenvalue weighted by Crippen LogP contribution is -2.16. The minimum absolute atomic E-state index is 0.0638. The predicted octanol–water partition coefficient (Wildman–Crippen LogP) is 3.37. The van der Waals surface area contributed by atoms with Gasteiger partial charge in [0.1, 0.15) is 11.5 Å². The van der Waals surface area contributed by atoms with Crippen LogP contribution in [0.5, 0.6) is 0 Å². The number of esters is 2. The Bertz CT molecular complexity index is 1490. The second-order valence-electron chi connectivity index (χ2n) is 7.61. The molecule has 0 spiro atoms. The van der Waals surface area contributed by atoms with E-state index in [1.165, 1.54) is 30.3 Å². The summed E-state index contributed by atoms with van der Waals surface area (Å²) in [7, 11) is -6.66. The van der Waals surface area contributed by atoms with E-state index in [-0.39, 0.29) is 27.0 Å². The molecule has 0 amide bonds. The van der Waals surface area contributed by atoms with Gasteiger partial charge in [0.15, 0.2) is 0 Å². The topological polar surface area (TPSA) is 164 Å². The summed E-state index contributed by atoms with van der Waals surface area (Å²) in [5.41, 5.74) is 1.11. The van der Waals surface area contributed by atoms with Crippen molar-refractivity contribution in [3.05, 3.63) is 77.9 Å². The predicted molar refractivity (Wildman–Crippen MR) is 152 cm³/mol. The lowest BCUT2D eigenvalue weighted by Gasteiger charge is -2.10. The zero-order valence-corrected chi connectivity index (χ0v) is 24.9. The number of hydrogen-bond acceptors (Lipinski definition) is 14. The number of carbonyl (C=O) groups is 2. The summed E-state index contributed by atoms with van der Waals surface area (Å²) in [5.74, 6) is -3.14. The van der Waals surface area contributed by atoms with Crippen molar-refractivity contribution in [2.45, 2.75) is 23.3 Å². The molecule has 0 unspecified atom stereocenters. The van der Waals surface area contributed by atoms with Crippen LogP contribution in [0.4, 0.5) is 0 Å². The van der Waals surface area contributed by atoms with Crippen molar-refractivity contribution in [1.82, 2.24) is 0 Å². The lowest BCUT2D eigenvalue weighted by atomic mass is 10.1. The van der Waals surface area contributed by atoms with E-state index in [0.29, 0.717) is 4.90 Å². The smallest absolute Gasteiger partial charge is 0.367 e. The third-order valence-electron chi connectivity index (χ3n) is 4.54. The van der Waals surface area contributed by atoms with Crippen molar-refractivity contribution in [1.29, 1.82) is 0 Å². The van der Waals surface area contributed by atoms with E-state index in [9.17, 15) is 26.4 Å². The Morgan fingerprint density at radius 1 is 0.825 bits per heavy atom. The molecule has 40 heavy (non-hydrogen) atoms. The molecular weight excluding hydrogens is 605 g/mol. The van der Waals surface area contributed by atoms with E-state index in [1.54, 1.807) is 24.3 Å². The Labute approximate surface area is 241 Å². The quantitative estimate of drug-likeness (QED) is 0.0889. The van der Waals surface area contributed by atoms with Crippen LogP contribution in [0.2, 0.25) is 0 Å². The maximum absolute atomic E-state index is 12.7. The molecule has 0 N–H and O–H groups in total. The van der Waals surface area contributed by atoms with Crippen LogP contribution in [0, 0.1) is 6.92 Å². The second kappa shape index (κ2) is 15.4. The highest BCUT2D eigenvalue weighted by molar-refractivity contribution is 8.16. The average Bonchev–Trinajstić information content (AvgIpc) is 2.92. The fourth-order valence-corrected chi connectivity index (χ4v) is 5.91. The molecule has 0 bridgehead atoms. The van der Waals surface area contributed by atoms with Gasteiger partial charge >= 0.3 is 32.2 Å². The average molecular weight is 631 g/mol. The highest BCUT2D eigenvalue weighted by Gasteiger charge is 2.23. The molecule has 16 heteroatoms. The van der Waals surface area contributed by atoms with Crippen LogP contribution in [-0.4, -0.2) is 58.8 Å². The van der Waals surface area contributed by atoms with Gasteiger partial charge in [-0.05, 0) is 30.2 Å². The van der Waals surface area contributed by atoms with E-state index < -0.39 is 43.7 Å². The van der Waals surface area contributed by atoms with Gasteiger partial charge in [-0.15, -0.1) is 6.58 Å². The number of aryl methyl sites for hydroxylation is 1. The Hall–Kier alpha value is -3.34. The van der Waals surface area contributed by atoms with Crippen molar-refractivity contribution in [3.8, 4) is 0 Å². The molecular formula is C24H26N2O10S4. The van der Waals surface area contributed by atoms with E-state index in [2.05, 4.69) is 30.6 Å². The zero-order valence-electron chi connectivity index (χ0n) is 21.6. The first-order chi connectivity index (χ1) is 18.9. The fraction of sp³-hybridized carbons (Fsp3) is 0.250. The number of oxime groups is 2. The van der Waals surface area contributed by atoms with Gasteiger partial charge in [-0.2, -0.15) is 16.8 Å². The van der Waals surface area contributed by atoms with Gasteiger partial charge in [0.25, 0.3) is 0 Å². The third-order valence-corrected chi connectivity index (χ3v) is 8.34. The van der Waals surface area contributed by atoms with Crippen LogP contribution < -0.4 is 0 Å². The Morgan fingerprint density at radius 3 is 1.77 bits per heavy atom. The first-order valence-corrected chi connectivity index (χ1v) is 16.1. The van der Waals surface area contributed by atoms with Gasteiger partial charge in [-0.3, -0.25) is 8.57 Å². The first kappa shape index (κ1) is 32.9. The zero-order chi connectivity index (χ0) is 29.8. The highest BCUT2D eigenvalue weighted by Crippen LogP contribution is 2.23. The first-order valence-electron chi connectivity index (χ1n) is 11.1. The molecule has 0 saturated heterocycles. The van der Waals surface area contributed by atoms with Gasteiger partial charge in [-0.1, -0.05) is 81.9 Å². The SMILES string of the molecule is C=CCSC(=NOS(=O)(=O)Cc1ccccc1CS(=O)(=O)ON=C(Sc1ccc(C)cc1)C(=O)OC)C(=O)OC. The Morgan fingerprint density at radius 2 is 1.30 bits per heavy atom. The summed E-state index contributed by atoms with van der Waals surface area (Å²) in [6, 6.07) is 12.8. The number of rotatable bonds is 11. The van der Waals surface area contributed by atoms with Crippen LogP contribution in [0.1, 0.15) is 16.7 Å². The number of nitrogens with zero attached hydrogens (tertiary/aromatic N) is 2. The lowest BCUT2D eigenvalue weighted by molar-refractivity contribution is -0.133. The molecule has 0 radical (unpaired) electrons. The monoisotopic (exact) mass is 630 g/mol. The summed E-state index contributed by atoms with van der Waals surface area (Å²) in [5, 5.41) is 6.15. The maximum Gasteiger partial charge on any atom is 0.367 e. The molecule has 12 nitrogen and oxygen atoms in total. The van der Waals surface area contributed by atoms with Crippen molar-refractivity contribution in [2.24, 2.45) is 10.3 Å². The summed E-state index contributed by atoms with van der Waals surface area (Å²) >= 11 is 1.69. The number of thioether (sulfide) groups is 2. The van der Waals surface area contributed by atoms with Crippen LogP contribution in [-0.2, 0) is 59.4 Å². The molecule has 0 fully saturated rings. The van der Waals surface area contributed by atoms with E-state index in [4.69, 9.17) is 4.28 Å². The molecule has 0 aliphatic heterocycles. The molecule has 0 heterocycles. The number of methoxy groups -OCH3 is 2. The van der Waals surface area contributed by atoms with Crippen molar-refractivity contribution >= 4 is 65.8 Å². The molecule has 2 aromatic rings. The molecule has 0 aromatic heterocycles. The number of carbonyl (C=O) groups excluding carboxylic acids is 2. The van der Waals surface area contributed by atoms with E-state index >= 15 is 0 Å². The molecule has 0 saturated carbocycles. The van der Waals surface area contributed by atoms with Gasteiger partial charge in [0.2, 0.25) is 10.1 Å². The standard InChI is InChI=1S/C24H26N2O10S4/c1-5-14-37-21(23(27)33-3)25-35-39(29,30)15-18-8-6-7-9-19(18)16-40(31,32)36-26-22(24(28)34-4)38-20-12-10-17(2)11-13-20/h5-13H,1,14-16H2,2-4H3. The van der Waals surface area contributed by atoms with Crippen molar-refractivity contribution in [3.63, 3.8) is 0 Å². The summed E-state index contributed by atoms with van der Waals surface area (Å²) < 4.78 is 69.1. The van der Waals surface area contributed by atoms with E-state index in [1.807, 2.05) is 6.92 Å². The third kappa shape index (κ3) is 11.0. The van der Waals surface area contributed by atoms with Crippen LogP contribution in [0.25, 0.3) is 0 Å². The highest BCUT2D eigenvalue weighted by atomic mass is 32.2.